The number of pyridine rings is 1. The molecule has 29 heavy (non-hydrogen) atoms. The van der Waals surface area contributed by atoms with E-state index in [1.54, 1.807) is 24.3 Å². The van der Waals surface area contributed by atoms with Gasteiger partial charge in [-0.1, -0.05) is 29.8 Å². The van der Waals surface area contributed by atoms with E-state index in [4.69, 9.17) is 4.74 Å². The number of amides is 2. The number of carbonyl (C=O) groups is 2. The van der Waals surface area contributed by atoms with Crippen LogP contribution in [0.2, 0.25) is 0 Å². The van der Waals surface area contributed by atoms with Crippen LogP contribution in [-0.4, -0.2) is 23.9 Å². The molecule has 0 aliphatic rings. The molecular weight excluding hydrogens is 366 g/mol. The van der Waals surface area contributed by atoms with E-state index in [9.17, 15) is 9.59 Å². The Morgan fingerprint density at radius 2 is 1.38 bits per heavy atom. The van der Waals surface area contributed by atoms with Crippen molar-refractivity contribution in [2.75, 3.05) is 17.7 Å². The first-order chi connectivity index (χ1) is 13.9. The van der Waals surface area contributed by atoms with E-state index in [0.717, 1.165) is 16.7 Å². The molecule has 3 rings (SSSR count). The summed E-state index contributed by atoms with van der Waals surface area (Å²) in [5.41, 5.74) is 4.61. The van der Waals surface area contributed by atoms with Crippen LogP contribution in [-0.2, 0) is 0 Å². The first kappa shape index (κ1) is 20.1. The number of aromatic nitrogens is 1. The Balaban J connectivity index is 1.79. The molecule has 0 bridgehead atoms. The van der Waals surface area contributed by atoms with Crippen LogP contribution in [0.25, 0.3) is 0 Å². The molecule has 2 amide bonds. The predicted molar refractivity (Wildman–Crippen MR) is 114 cm³/mol. The highest BCUT2D eigenvalue weighted by Crippen LogP contribution is 2.25. The zero-order valence-corrected chi connectivity index (χ0v) is 16.9. The summed E-state index contributed by atoms with van der Waals surface area (Å²) in [6.45, 7) is 5.84. The largest absolute Gasteiger partial charge is 0.495 e. The molecule has 0 saturated carbocycles. The van der Waals surface area contributed by atoms with Gasteiger partial charge >= 0.3 is 0 Å². The van der Waals surface area contributed by atoms with Crippen molar-refractivity contribution in [3.63, 3.8) is 0 Å². The highest BCUT2D eigenvalue weighted by molar-refractivity contribution is 6.06. The molecule has 148 valence electrons. The number of aryl methyl sites for hydroxylation is 3. The van der Waals surface area contributed by atoms with Crippen molar-refractivity contribution in [3.8, 4) is 5.75 Å². The number of hydrogen-bond acceptors (Lipinski definition) is 4. The van der Waals surface area contributed by atoms with Crippen LogP contribution in [0.1, 0.15) is 37.7 Å². The van der Waals surface area contributed by atoms with Gasteiger partial charge in [0.2, 0.25) is 0 Å². The lowest BCUT2D eigenvalue weighted by Gasteiger charge is -2.12. The predicted octanol–water partition coefficient (Wildman–Crippen LogP) is 4.52. The summed E-state index contributed by atoms with van der Waals surface area (Å²) in [6, 6.07) is 16.0. The standard InChI is InChI=1S/C23H23N3O3/c1-14-8-10-17(16(3)12-14)25-22(27)18-6-5-7-19(24-18)23(28)26-20-13-15(2)9-11-21(20)29-4/h5-13H,1-4H3,(H,25,27)(H,26,28). The van der Waals surface area contributed by atoms with Gasteiger partial charge in [-0.3, -0.25) is 9.59 Å². The first-order valence-electron chi connectivity index (χ1n) is 9.19. The molecule has 6 heteroatoms. The number of hydrogen-bond donors (Lipinski definition) is 2. The van der Waals surface area contributed by atoms with E-state index in [1.165, 1.54) is 7.11 Å². The molecule has 6 nitrogen and oxygen atoms in total. The lowest BCUT2D eigenvalue weighted by molar-refractivity contribution is 0.101. The minimum absolute atomic E-state index is 0.141. The molecule has 0 atom stereocenters. The minimum atomic E-state index is -0.421. The third kappa shape index (κ3) is 4.79. The SMILES string of the molecule is COc1ccc(C)cc1NC(=O)c1cccc(C(=O)Nc2ccc(C)cc2C)n1. The smallest absolute Gasteiger partial charge is 0.274 e. The minimum Gasteiger partial charge on any atom is -0.495 e. The van der Waals surface area contributed by atoms with Crippen LogP contribution in [0.3, 0.4) is 0 Å². The molecule has 0 fully saturated rings. The van der Waals surface area contributed by atoms with Crippen molar-refractivity contribution in [3.05, 3.63) is 82.7 Å². The van der Waals surface area contributed by atoms with Gasteiger partial charge in [-0.15, -0.1) is 0 Å². The van der Waals surface area contributed by atoms with Crippen LogP contribution in [0.4, 0.5) is 11.4 Å². The van der Waals surface area contributed by atoms with E-state index in [0.29, 0.717) is 17.1 Å². The Bertz CT molecular complexity index is 1080. The fraction of sp³-hybridized carbons (Fsp3) is 0.174. The highest BCUT2D eigenvalue weighted by atomic mass is 16.5. The zero-order chi connectivity index (χ0) is 21.0. The maximum atomic E-state index is 12.7. The Morgan fingerprint density at radius 3 is 2.00 bits per heavy atom. The number of carbonyl (C=O) groups excluding carboxylic acids is 2. The Hall–Kier alpha value is -3.67. The fourth-order valence-corrected chi connectivity index (χ4v) is 2.93. The van der Waals surface area contributed by atoms with Crippen molar-refractivity contribution in [1.82, 2.24) is 4.98 Å². The molecule has 0 aliphatic heterocycles. The van der Waals surface area contributed by atoms with Gasteiger partial charge in [-0.2, -0.15) is 0 Å². The van der Waals surface area contributed by atoms with Crippen LogP contribution < -0.4 is 15.4 Å². The average Bonchev–Trinajstić information content (AvgIpc) is 2.70. The van der Waals surface area contributed by atoms with Crippen LogP contribution in [0.5, 0.6) is 5.75 Å². The third-order valence-electron chi connectivity index (χ3n) is 4.45. The molecule has 0 radical (unpaired) electrons. The van der Waals surface area contributed by atoms with Gasteiger partial charge in [0.15, 0.2) is 0 Å². The van der Waals surface area contributed by atoms with E-state index >= 15 is 0 Å². The lowest BCUT2D eigenvalue weighted by atomic mass is 10.1. The zero-order valence-electron chi connectivity index (χ0n) is 16.9. The summed E-state index contributed by atoms with van der Waals surface area (Å²) in [5, 5.41) is 5.63. The van der Waals surface area contributed by atoms with Gasteiger partial charge < -0.3 is 15.4 Å². The van der Waals surface area contributed by atoms with Crippen molar-refractivity contribution >= 4 is 23.2 Å². The first-order valence-corrected chi connectivity index (χ1v) is 9.19. The highest BCUT2D eigenvalue weighted by Gasteiger charge is 2.15. The van der Waals surface area contributed by atoms with Crippen molar-refractivity contribution in [2.45, 2.75) is 20.8 Å². The van der Waals surface area contributed by atoms with Crippen molar-refractivity contribution < 1.29 is 14.3 Å². The molecule has 1 heterocycles. The van der Waals surface area contributed by atoms with Gasteiger partial charge in [-0.05, 0) is 62.2 Å². The van der Waals surface area contributed by atoms with Gasteiger partial charge in [0, 0.05) is 5.69 Å². The Labute approximate surface area is 169 Å². The number of benzene rings is 2. The molecule has 0 saturated heterocycles. The number of ether oxygens (including phenoxy) is 1. The molecule has 1 aromatic heterocycles. The maximum absolute atomic E-state index is 12.7. The summed E-state index contributed by atoms with van der Waals surface area (Å²) in [5.74, 6) is -0.248. The average molecular weight is 389 g/mol. The summed E-state index contributed by atoms with van der Waals surface area (Å²) >= 11 is 0. The van der Waals surface area contributed by atoms with Crippen LogP contribution in [0.15, 0.2) is 54.6 Å². The monoisotopic (exact) mass is 389 g/mol. The number of anilines is 2. The molecular formula is C23H23N3O3. The molecule has 0 spiro atoms. The van der Waals surface area contributed by atoms with E-state index in [-0.39, 0.29) is 17.3 Å². The molecule has 2 N–H and O–H groups in total. The number of rotatable bonds is 5. The number of nitrogens with zero attached hydrogens (tertiary/aromatic N) is 1. The third-order valence-corrected chi connectivity index (χ3v) is 4.45. The quantitative estimate of drug-likeness (QED) is 0.672. The molecule has 3 aromatic rings. The number of methoxy groups -OCH3 is 1. The van der Waals surface area contributed by atoms with Crippen LogP contribution in [0, 0.1) is 20.8 Å². The molecule has 0 unspecified atom stereocenters. The van der Waals surface area contributed by atoms with Crippen molar-refractivity contribution in [1.29, 1.82) is 0 Å². The summed E-state index contributed by atoms with van der Waals surface area (Å²) < 4.78 is 5.29. The lowest BCUT2D eigenvalue weighted by Crippen LogP contribution is -2.19. The second-order valence-corrected chi connectivity index (χ2v) is 6.84. The van der Waals surface area contributed by atoms with E-state index < -0.39 is 5.91 Å². The molecule has 0 aliphatic carbocycles. The molecule has 2 aromatic carbocycles. The Kier molecular flexibility index (Phi) is 5.93. The summed E-state index contributed by atoms with van der Waals surface area (Å²) in [7, 11) is 1.54. The van der Waals surface area contributed by atoms with Crippen LogP contribution >= 0.6 is 0 Å². The summed E-state index contributed by atoms with van der Waals surface area (Å²) in [6.07, 6.45) is 0. The Morgan fingerprint density at radius 1 is 0.793 bits per heavy atom. The van der Waals surface area contributed by atoms with Gasteiger partial charge in [0.25, 0.3) is 11.8 Å². The normalized spacial score (nSPS) is 10.3. The second kappa shape index (κ2) is 8.56. The summed E-state index contributed by atoms with van der Waals surface area (Å²) in [4.78, 5) is 29.5. The van der Waals surface area contributed by atoms with E-state index in [1.807, 2.05) is 51.1 Å². The van der Waals surface area contributed by atoms with Gasteiger partial charge in [-0.25, -0.2) is 4.98 Å². The maximum Gasteiger partial charge on any atom is 0.274 e. The second-order valence-electron chi connectivity index (χ2n) is 6.84. The van der Waals surface area contributed by atoms with Gasteiger partial charge in [0.05, 0.1) is 12.8 Å². The number of nitrogens with one attached hydrogen (secondary N) is 2. The van der Waals surface area contributed by atoms with Gasteiger partial charge in [0.1, 0.15) is 17.1 Å². The topological polar surface area (TPSA) is 80.3 Å². The van der Waals surface area contributed by atoms with E-state index in [2.05, 4.69) is 15.6 Å². The fourth-order valence-electron chi connectivity index (χ4n) is 2.93. The van der Waals surface area contributed by atoms with Crippen molar-refractivity contribution in [2.24, 2.45) is 0 Å².